The normalized spacial score (nSPS) is 12.7. The maximum atomic E-state index is 5.05. The number of aromatic nitrogens is 3. The Kier molecular flexibility index (Phi) is 3.64. The Morgan fingerprint density at radius 3 is 2.34 bits per heavy atom. The number of rotatable bonds is 2. The minimum Gasteiger partial charge on any atom is -0.282 e. The van der Waals surface area contributed by atoms with Gasteiger partial charge in [0.1, 0.15) is 5.52 Å². The van der Waals surface area contributed by atoms with E-state index in [0.717, 1.165) is 33.6 Å². The van der Waals surface area contributed by atoms with Crippen LogP contribution in [0.25, 0.3) is 33.5 Å². The van der Waals surface area contributed by atoms with Gasteiger partial charge in [0, 0.05) is 28.8 Å². The third-order valence-corrected chi connectivity index (χ3v) is 6.58. The van der Waals surface area contributed by atoms with Crippen LogP contribution >= 0.6 is 11.8 Å². The van der Waals surface area contributed by atoms with E-state index in [-0.39, 0.29) is 0 Å². The van der Waals surface area contributed by atoms with Crippen molar-refractivity contribution < 1.29 is 0 Å². The maximum Gasteiger partial charge on any atom is 0.179 e. The molecule has 0 atom stereocenters. The first-order valence-electron chi connectivity index (χ1n) is 9.62. The molecule has 0 N–H and O–H groups in total. The summed E-state index contributed by atoms with van der Waals surface area (Å²) >= 11 is 1.87. The molecule has 0 fully saturated rings. The number of nitrogens with zero attached hydrogens (tertiary/aromatic N) is 4. The van der Waals surface area contributed by atoms with Gasteiger partial charge in [-0.25, -0.2) is 14.6 Å². The van der Waals surface area contributed by atoms with Crippen LogP contribution in [-0.4, -0.2) is 21.7 Å². The predicted octanol–water partition coefficient (Wildman–Crippen LogP) is 5.76. The monoisotopic (exact) mass is 394 g/mol. The van der Waals surface area contributed by atoms with Crippen LogP contribution in [0.1, 0.15) is 5.56 Å². The third kappa shape index (κ3) is 2.47. The van der Waals surface area contributed by atoms with Gasteiger partial charge in [0.2, 0.25) is 0 Å². The number of hydrogen-bond donors (Lipinski definition) is 0. The van der Waals surface area contributed by atoms with Crippen molar-refractivity contribution in [2.24, 2.45) is 0 Å². The zero-order valence-electron chi connectivity index (χ0n) is 15.9. The molecule has 4 nitrogen and oxygen atoms in total. The SMILES string of the molecule is CN(c1ccccc1)n1c2c(c3nc4ccccc4nc31)CSc1ccccc1-2. The summed E-state index contributed by atoms with van der Waals surface area (Å²) in [5, 5.41) is 2.18. The van der Waals surface area contributed by atoms with E-state index in [1.165, 1.54) is 21.7 Å². The molecule has 5 aromatic rings. The van der Waals surface area contributed by atoms with E-state index in [4.69, 9.17) is 9.97 Å². The molecule has 6 rings (SSSR count). The molecule has 0 bridgehead atoms. The molecular formula is C24H18N4S. The molecule has 5 heteroatoms. The lowest BCUT2D eigenvalue weighted by Crippen LogP contribution is -2.26. The third-order valence-electron chi connectivity index (χ3n) is 5.48. The Morgan fingerprint density at radius 1 is 0.828 bits per heavy atom. The maximum absolute atomic E-state index is 5.05. The molecule has 0 aliphatic carbocycles. The van der Waals surface area contributed by atoms with Gasteiger partial charge in [-0.1, -0.05) is 48.5 Å². The highest BCUT2D eigenvalue weighted by atomic mass is 32.2. The Hall–Kier alpha value is -3.31. The van der Waals surface area contributed by atoms with Crippen LogP contribution in [0, 0.1) is 0 Å². The zero-order chi connectivity index (χ0) is 19.4. The van der Waals surface area contributed by atoms with Crippen molar-refractivity contribution in [2.45, 2.75) is 10.6 Å². The van der Waals surface area contributed by atoms with Crippen LogP contribution in [0.15, 0.2) is 83.8 Å². The molecule has 1 aliphatic heterocycles. The fourth-order valence-electron chi connectivity index (χ4n) is 4.09. The minimum absolute atomic E-state index is 0.894. The zero-order valence-corrected chi connectivity index (χ0v) is 16.7. The number of hydrogen-bond acceptors (Lipinski definition) is 4. The molecular weight excluding hydrogens is 376 g/mol. The van der Waals surface area contributed by atoms with E-state index in [9.17, 15) is 0 Å². The summed E-state index contributed by atoms with van der Waals surface area (Å²) in [4.78, 5) is 11.4. The largest absolute Gasteiger partial charge is 0.282 e. The summed E-state index contributed by atoms with van der Waals surface area (Å²) in [6.07, 6.45) is 0. The molecule has 0 saturated heterocycles. The van der Waals surface area contributed by atoms with Gasteiger partial charge in [-0.2, -0.15) is 0 Å². The number of anilines is 1. The van der Waals surface area contributed by atoms with Crippen LogP contribution in [-0.2, 0) is 5.75 Å². The minimum atomic E-state index is 0.894. The van der Waals surface area contributed by atoms with Gasteiger partial charge in [-0.15, -0.1) is 11.8 Å². The molecule has 0 unspecified atom stereocenters. The summed E-state index contributed by atoms with van der Waals surface area (Å²) in [5.41, 5.74) is 8.54. The van der Waals surface area contributed by atoms with Gasteiger partial charge in [0.25, 0.3) is 0 Å². The lowest BCUT2D eigenvalue weighted by molar-refractivity contribution is 0.802. The van der Waals surface area contributed by atoms with E-state index in [1.54, 1.807) is 0 Å². The average Bonchev–Trinajstić information content (AvgIpc) is 3.11. The van der Waals surface area contributed by atoms with Crippen molar-refractivity contribution in [2.75, 3.05) is 12.1 Å². The van der Waals surface area contributed by atoms with Crippen molar-refractivity contribution in [3.63, 3.8) is 0 Å². The highest BCUT2D eigenvalue weighted by molar-refractivity contribution is 7.98. The Labute approximate surface area is 172 Å². The van der Waals surface area contributed by atoms with Gasteiger partial charge in [0.15, 0.2) is 5.65 Å². The van der Waals surface area contributed by atoms with Gasteiger partial charge in [0.05, 0.1) is 22.4 Å². The van der Waals surface area contributed by atoms with Crippen molar-refractivity contribution in [3.8, 4) is 11.3 Å². The van der Waals surface area contributed by atoms with Gasteiger partial charge >= 0.3 is 0 Å². The van der Waals surface area contributed by atoms with E-state index in [0.29, 0.717) is 0 Å². The van der Waals surface area contributed by atoms with E-state index < -0.39 is 0 Å². The molecule has 3 aromatic carbocycles. The second kappa shape index (κ2) is 6.36. The van der Waals surface area contributed by atoms with Gasteiger partial charge in [-0.05, 0) is 30.3 Å². The van der Waals surface area contributed by atoms with Crippen LogP contribution in [0.4, 0.5) is 5.69 Å². The summed E-state index contributed by atoms with van der Waals surface area (Å²) in [6, 6.07) is 27.1. The standard InChI is InChI=1S/C24H18N4S/c1-27(16-9-3-2-4-10-16)28-23-17-11-5-8-14-21(17)29-15-18(23)22-24(28)26-20-13-7-6-12-19(20)25-22/h2-14H,15H2,1H3. The molecule has 3 heterocycles. The number of thioether (sulfide) groups is 1. The van der Waals surface area contributed by atoms with Crippen molar-refractivity contribution in [3.05, 3.63) is 84.4 Å². The Bertz CT molecular complexity index is 1370. The quantitative estimate of drug-likeness (QED) is 0.381. The Morgan fingerprint density at radius 2 is 1.52 bits per heavy atom. The second-order valence-corrected chi connectivity index (χ2v) is 8.18. The van der Waals surface area contributed by atoms with Gasteiger partial charge in [-0.3, -0.25) is 5.01 Å². The van der Waals surface area contributed by atoms with Crippen molar-refractivity contribution in [1.29, 1.82) is 0 Å². The molecule has 1 aliphatic rings. The van der Waals surface area contributed by atoms with Crippen LogP contribution in [0.2, 0.25) is 0 Å². The first kappa shape index (κ1) is 16.6. The highest BCUT2D eigenvalue weighted by Gasteiger charge is 2.28. The van der Waals surface area contributed by atoms with E-state index >= 15 is 0 Å². The number of fused-ring (bicyclic) bond motifs is 6. The fraction of sp³-hybridized carbons (Fsp3) is 0.0833. The van der Waals surface area contributed by atoms with Crippen LogP contribution in [0.5, 0.6) is 0 Å². The smallest absolute Gasteiger partial charge is 0.179 e. The molecule has 0 saturated carbocycles. The summed E-state index contributed by atoms with van der Waals surface area (Å²) in [5.74, 6) is 0.894. The van der Waals surface area contributed by atoms with Crippen LogP contribution in [0.3, 0.4) is 0 Å². The van der Waals surface area contributed by atoms with E-state index in [1.807, 2.05) is 42.1 Å². The lowest BCUT2D eigenvalue weighted by Gasteiger charge is -2.26. The Balaban J connectivity index is 1.74. The molecule has 0 amide bonds. The second-order valence-electron chi connectivity index (χ2n) is 7.17. The number of para-hydroxylation sites is 3. The molecule has 0 radical (unpaired) electrons. The summed E-state index contributed by atoms with van der Waals surface area (Å²) in [7, 11) is 2.09. The summed E-state index contributed by atoms with van der Waals surface area (Å²) in [6.45, 7) is 0. The summed E-state index contributed by atoms with van der Waals surface area (Å²) < 4.78 is 2.23. The van der Waals surface area contributed by atoms with E-state index in [2.05, 4.69) is 65.3 Å². The average molecular weight is 395 g/mol. The first-order valence-corrected chi connectivity index (χ1v) is 10.6. The number of benzene rings is 3. The van der Waals surface area contributed by atoms with Crippen LogP contribution < -0.4 is 5.01 Å². The highest BCUT2D eigenvalue weighted by Crippen LogP contribution is 2.45. The fourth-order valence-corrected chi connectivity index (χ4v) is 5.16. The lowest BCUT2D eigenvalue weighted by atomic mass is 10.1. The molecule has 2 aromatic heterocycles. The predicted molar refractivity (Wildman–Crippen MR) is 120 cm³/mol. The molecule has 0 spiro atoms. The van der Waals surface area contributed by atoms with Gasteiger partial charge < -0.3 is 0 Å². The first-order chi connectivity index (χ1) is 14.3. The molecule has 140 valence electrons. The van der Waals surface area contributed by atoms with Crippen molar-refractivity contribution in [1.82, 2.24) is 14.6 Å². The molecule has 29 heavy (non-hydrogen) atoms. The topological polar surface area (TPSA) is 34.0 Å². The van der Waals surface area contributed by atoms with Crippen molar-refractivity contribution >= 4 is 39.6 Å².